The van der Waals surface area contributed by atoms with Gasteiger partial charge in [0.05, 0.1) is 0 Å². The molecule has 0 unspecified atom stereocenters. The molecule has 1 aromatic heterocycles. The van der Waals surface area contributed by atoms with Gasteiger partial charge in [0.25, 0.3) is 0 Å². The summed E-state index contributed by atoms with van der Waals surface area (Å²) in [5.41, 5.74) is 1.13. The molecule has 0 aromatic carbocycles. The van der Waals surface area contributed by atoms with Crippen LogP contribution in [0.25, 0.3) is 0 Å². The van der Waals surface area contributed by atoms with E-state index in [1.165, 1.54) is 0 Å². The SMILES string of the molecule is CC(=O)N(Cc1ccncc1)CC(C)C. The highest BCUT2D eigenvalue weighted by Gasteiger charge is 2.10. The topological polar surface area (TPSA) is 33.2 Å². The Hall–Kier alpha value is -1.38. The van der Waals surface area contributed by atoms with Crippen LogP contribution in [0.2, 0.25) is 0 Å². The lowest BCUT2D eigenvalue weighted by atomic mass is 10.2. The van der Waals surface area contributed by atoms with E-state index < -0.39 is 0 Å². The second-order valence-electron chi connectivity index (χ2n) is 4.15. The quantitative estimate of drug-likeness (QED) is 0.755. The van der Waals surface area contributed by atoms with E-state index in [0.29, 0.717) is 12.5 Å². The predicted octanol–water partition coefficient (Wildman–Crippen LogP) is 2.09. The molecule has 3 heteroatoms. The van der Waals surface area contributed by atoms with Crippen molar-refractivity contribution in [3.8, 4) is 0 Å². The fraction of sp³-hybridized carbons (Fsp3) is 0.500. The zero-order valence-electron chi connectivity index (χ0n) is 9.60. The van der Waals surface area contributed by atoms with E-state index >= 15 is 0 Å². The molecule has 0 atom stereocenters. The lowest BCUT2D eigenvalue weighted by Gasteiger charge is -2.23. The molecule has 0 aliphatic carbocycles. The van der Waals surface area contributed by atoms with Crippen LogP contribution >= 0.6 is 0 Å². The molecule has 1 amide bonds. The summed E-state index contributed by atoms with van der Waals surface area (Å²) in [6, 6.07) is 3.88. The van der Waals surface area contributed by atoms with Crippen LogP contribution in [0.5, 0.6) is 0 Å². The molecule has 0 radical (unpaired) electrons. The van der Waals surface area contributed by atoms with E-state index in [1.54, 1.807) is 19.3 Å². The molecule has 82 valence electrons. The molecule has 1 aromatic rings. The van der Waals surface area contributed by atoms with Gasteiger partial charge in [-0.3, -0.25) is 9.78 Å². The van der Waals surface area contributed by atoms with Crippen molar-refractivity contribution in [2.24, 2.45) is 5.92 Å². The number of rotatable bonds is 4. The smallest absolute Gasteiger partial charge is 0.219 e. The highest BCUT2D eigenvalue weighted by molar-refractivity contribution is 5.73. The summed E-state index contributed by atoms with van der Waals surface area (Å²) in [7, 11) is 0. The molecule has 0 saturated heterocycles. The van der Waals surface area contributed by atoms with E-state index in [2.05, 4.69) is 18.8 Å². The number of nitrogens with zero attached hydrogens (tertiary/aromatic N) is 2. The molecule has 1 rings (SSSR count). The number of hydrogen-bond acceptors (Lipinski definition) is 2. The second-order valence-corrected chi connectivity index (χ2v) is 4.15. The van der Waals surface area contributed by atoms with Gasteiger partial charge in [0.1, 0.15) is 0 Å². The van der Waals surface area contributed by atoms with Crippen molar-refractivity contribution in [1.82, 2.24) is 9.88 Å². The minimum Gasteiger partial charge on any atom is -0.338 e. The lowest BCUT2D eigenvalue weighted by molar-refractivity contribution is -0.129. The van der Waals surface area contributed by atoms with Crippen molar-refractivity contribution in [3.05, 3.63) is 30.1 Å². The number of hydrogen-bond donors (Lipinski definition) is 0. The monoisotopic (exact) mass is 206 g/mol. The Bertz CT molecular complexity index is 309. The summed E-state index contributed by atoms with van der Waals surface area (Å²) in [5, 5.41) is 0. The maximum Gasteiger partial charge on any atom is 0.219 e. The fourth-order valence-electron chi connectivity index (χ4n) is 1.45. The van der Waals surface area contributed by atoms with Crippen LogP contribution in [0, 0.1) is 5.92 Å². The van der Waals surface area contributed by atoms with Crippen molar-refractivity contribution in [2.45, 2.75) is 27.3 Å². The molecule has 0 bridgehead atoms. The summed E-state index contributed by atoms with van der Waals surface area (Å²) in [6.07, 6.45) is 3.51. The van der Waals surface area contributed by atoms with Gasteiger partial charge in [0, 0.05) is 32.4 Å². The largest absolute Gasteiger partial charge is 0.338 e. The van der Waals surface area contributed by atoms with Crippen molar-refractivity contribution in [1.29, 1.82) is 0 Å². The highest BCUT2D eigenvalue weighted by Crippen LogP contribution is 2.06. The molecule has 15 heavy (non-hydrogen) atoms. The maximum absolute atomic E-state index is 11.4. The summed E-state index contributed by atoms with van der Waals surface area (Å²) in [6.45, 7) is 7.32. The summed E-state index contributed by atoms with van der Waals surface area (Å²) in [5.74, 6) is 0.622. The van der Waals surface area contributed by atoms with E-state index in [-0.39, 0.29) is 5.91 Å². The Labute approximate surface area is 91.1 Å². The highest BCUT2D eigenvalue weighted by atomic mass is 16.2. The van der Waals surface area contributed by atoms with Crippen molar-refractivity contribution >= 4 is 5.91 Å². The molecular formula is C12H18N2O. The first-order valence-electron chi connectivity index (χ1n) is 5.24. The van der Waals surface area contributed by atoms with Crippen LogP contribution in [0.4, 0.5) is 0 Å². The number of aromatic nitrogens is 1. The number of carbonyl (C=O) groups excluding carboxylic acids is 1. The average molecular weight is 206 g/mol. The summed E-state index contributed by atoms with van der Waals surface area (Å²) in [4.78, 5) is 17.2. The van der Waals surface area contributed by atoms with E-state index in [9.17, 15) is 4.79 Å². The van der Waals surface area contributed by atoms with Gasteiger partial charge >= 0.3 is 0 Å². The Morgan fingerprint density at radius 2 is 2.00 bits per heavy atom. The van der Waals surface area contributed by atoms with Crippen molar-refractivity contribution in [3.63, 3.8) is 0 Å². The molecule has 3 nitrogen and oxygen atoms in total. The summed E-state index contributed by atoms with van der Waals surface area (Å²) >= 11 is 0. The fourth-order valence-corrected chi connectivity index (χ4v) is 1.45. The maximum atomic E-state index is 11.4. The van der Waals surface area contributed by atoms with Gasteiger partial charge < -0.3 is 4.90 Å². The molecule has 1 heterocycles. The van der Waals surface area contributed by atoms with Gasteiger partial charge in [-0.05, 0) is 23.6 Å². The van der Waals surface area contributed by atoms with Gasteiger partial charge in [0.2, 0.25) is 5.91 Å². The Balaban J connectivity index is 2.63. The average Bonchev–Trinajstić information content (AvgIpc) is 2.17. The van der Waals surface area contributed by atoms with Gasteiger partial charge in [-0.1, -0.05) is 13.8 Å². The van der Waals surface area contributed by atoms with Gasteiger partial charge in [0.15, 0.2) is 0 Å². The molecule has 0 aliphatic heterocycles. The van der Waals surface area contributed by atoms with Crippen LogP contribution < -0.4 is 0 Å². The Kier molecular flexibility index (Phi) is 4.28. The van der Waals surface area contributed by atoms with Crippen LogP contribution in [-0.4, -0.2) is 22.3 Å². The van der Waals surface area contributed by atoms with E-state index in [0.717, 1.165) is 12.1 Å². The molecule has 0 spiro atoms. The van der Waals surface area contributed by atoms with Crippen LogP contribution in [0.3, 0.4) is 0 Å². The van der Waals surface area contributed by atoms with Gasteiger partial charge in [-0.25, -0.2) is 0 Å². The van der Waals surface area contributed by atoms with Gasteiger partial charge in [-0.2, -0.15) is 0 Å². The van der Waals surface area contributed by atoms with Crippen molar-refractivity contribution in [2.75, 3.05) is 6.54 Å². The zero-order valence-corrected chi connectivity index (χ0v) is 9.60. The third kappa shape index (κ3) is 4.11. The first kappa shape index (κ1) is 11.7. The zero-order chi connectivity index (χ0) is 11.3. The molecule has 0 saturated carbocycles. The minimum atomic E-state index is 0.125. The molecule has 0 N–H and O–H groups in total. The van der Waals surface area contributed by atoms with Crippen LogP contribution in [0.1, 0.15) is 26.3 Å². The third-order valence-electron chi connectivity index (χ3n) is 2.15. The number of pyridine rings is 1. The first-order valence-corrected chi connectivity index (χ1v) is 5.24. The molecule has 0 aliphatic rings. The predicted molar refractivity (Wildman–Crippen MR) is 60.2 cm³/mol. The Morgan fingerprint density at radius 3 is 2.47 bits per heavy atom. The number of carbonyl (C=O) groups is 1. The van der Waals surface area contributed by atoms with Gasteiger partial charge in [-0.15, -0.1) is 0 Å². The number of amides is 1. The Morgan fingerprint density at radius 1 is 1.40 bits per heavy atom. The molecular weight excluding hydrogens is 188 g/mol. The standard InChI is InChI=1S/C12H18N2O/c1-10(2)8-14(11(3)15)9-12-4-6-13-7-5-12/h4-7,10H,8-9H2,1-3H3. The third-order valence-corrected chi connectivity index (χ3v) is 2.15. The van der Waals surface area contributed by atoms with E-state index in [1.807, 2.05) is 17.0 Å². The molecule has 0 fully saturated rings. The lowest BCUT2D eigenvalue weighted by Crippen LogP contribution is -2.31. The minimum absolute atomic E-state index is 0.125. The first-order chi connectivity index (χ1) is 7.09. The van der Waals surface area contributed by atoms with Crippen molar-refractivity contribution < 1.29 is 4.79 Å². The van der Waals surface area contributed by atoms with Crippen LogP contribution in [0.15, 0.2) is 24.5 Å². The van der Waals surface area contributed by atoms with Crippen LogP contribution in [-0.2, 0) is 11.3 Å². The summed E-state index contributed by atoms with van der Waals surface area (Å²) < 4.78 is 0. The normalized spacial score (nSPS) is 10.4. The van der Waals surface area contributed by atoms with E-state index in [4.69, 9.17) is 0 Å². The second kappa shape index (κ2) is 5.49.